The van der Waals surface area contributed by atoms with Gasteiger partial charge < -0.3 is 15.7 Å². The van der Waals surface area contributed by atoms with Crippen LogP contribution in [-0.2, 0) is 27.5 Å². The molecule has 0 aliphatic heterocycles. The second kappa shape index (κ2) is 31.3. The molecule has 0 aromatic heterocycles. The molecule has 0 heterocycles. The van der Waals surface area contributed by atoms with E-state index >= 15 is 0 Å². The van der Waals surface area contributed by atoms with E-state index in [1.165, 1.54) is 0 Å². The summed E-state index contributed by atoms with van der Waals surface area (Å²) >= 11 is 0. The zero-order chi connectivity index (χ0) is 8.08. The molecule has 0 unspecified atom stereocenters. The molecule has 14 heteroatoms. The first kappa shape index (κ1) is 50.2. The first-order valence-electron chi connectivity index (χ1n) is 1.35. The first-order chi connectivity index (χ1) is 3.73. The Labute approximate surface area is 231 Å². The van der Waals surface area contributed by atoms with Gasteiger partial charge in [-0.15, -0.1) is 12.4 Å². The van der Waals surface area contributed by atoms with Gasteiger partial charge in [0.15, 0.2) is 0 Å². The number of hydrogen-bond donors (Lipinski definition) is 4. The van der Waals surface area contributed by atoms with Crippen LogP contribution in [0.1, 0.15) is 0 Å². The van der Waals surface area contributed by atoms with Crippen LogP contribution in [0.25, 0.3) is 0 Å². The van der Waals surface area contributed by atoms with Gasteiger partial charge in [0.05, 0.1) is 0 Å². The van der Waals surface area contributed by atoms with Crippen LogP contribution in [0.4, 0.5) is 4.79 Å². The Balaban J connectivity index is -0.00000000785. The van der Waals surface area contributed by atoms with Gasteiger partial charge in [-0.3, -0.25) is 9.11 Å². The molecule has 0 rings (SSSR count). The summed E-state index contributed by atoms with van der Waals surface area (Å²) in [5.41, 5.74) is 0. The maximum absolute atomic E-state index is 8.74. The molecule has 0 bridgehead atoms. The summed E-state index contributed by atoms with van der Waals surface area (Å²) < 4.78 is 31.6. The zero-order valence-corrected chi connectivity index (χ0v) is 7.71. The van der Waals surface area contributed by atoms with Gasteiger partial charge in [-0.25, -0.2) is 4.79 Å². The molecule has 0 aromatic rings. The molecule has 8 nitrogen and oxygen atoms in total. The van der Waals surface area contributed by atoms with Crippen molar-refractivity contribution in [3.05, 3.63) is 0 Å². The Hall–Kier alpha value is 4.82. The summed E-state index contributed by atoms with van der Waals surface area (Å²) in [4.78, 5) is 8.56. The molecule has 89 valence electrons. The number of hydrogen-bond acceptors (Lipinski definition) is 3. The van der Waals surface area contributed by atoms with Crippen molar-refractivity contribution in [1.29, 1.82) is 0 Å². The molecule has 0 spiro atoms. The second-order valence-corrected chi connectivity index (χ2v) is 1.63. The molecular weight excluding hydrogens is 388 g/mol. The average molecular weight is 398 g/mol. The molecule has 0 aliphatic carbocycles. The SMILES string of the molecule is Cl.O.O=C(O)O.O=S(=O)(O)O.[Cu].[KH].[KH].[KH]. The molecule has 0 atom stereocenters. The monoisotopic (exact) mass is 397 g/mol. The zero-order valence-electron chi connectivity index (χ0n) is 5.13. The number of rotatable bonds is 0. The van der Waals surface area contributed by atoms with Crippen LogP contribution in [0.3, 0.4) is 0 Å². The topological polar surface area (TPSA) is 164 Å². The molecule has 0 amide bonds. The van der Waals surface area contributed by atoms with Gasteiger partial charge >= 0.3 is 171 Å². The van der Waals surface area contributed by atoms with Crippen LogP contribution in [0.2, 0.25) is 0 Å². The van der Waals surface area contributed by atoms with Crippen molar-refractivity contribution in [2.24, 2.45) is 0 Å². The molecular formula is CH10ClCuK3O8S. The van der Waals surface area contributed by atoms with Crippen LogP contribution in [0.5, 0.6) is 0 Å². The molecule has 1 radical (unpaired) electrons. The summed E-state index contributed by atoms with van der Waals surface area (Å²) in [7, 11) is -4.67. The van der Waals surface area contributed by atoms with E-state index < -0.39 is 16.6 Å². The predicted molar refractivity (Wildman–Crippen MR) is 57.1 cm³/mol. The van der Waals surface area contributed by atoms with E-state index in [1.54, 1.807) is 0 Å². The fourth-order valence-electron chi connectivity index (χ4n) is 0. The van der Waals surface area contributed by atoms with E-state index in [-0.39, 0.29) is 189 Å². The molecule has 0 aliphatic rings. The molecule has 15 heavy (non-hydrogen) atoms. The molecule has 0 fully saturated rings. The van der Waals surface area contributed by atoms with E-state index in [4.69, 9.17) is 32.5 Å². The Bertz CT molecular complexity index is 172. The Morgan fingerprint density at radius 3 is 0.933 bits per heavy atom. The minimum atomic E-state index is -4.67. The van der Waals surface area contributed by atoms with Gasteiger partial charge in [0.25, 0.3) is 0 Å². The summed E-state index contributed by atoms with van der Waals surface area (Å²) in [6.45, 7) is 0. The third-order valence-corrected chi connectivity index (χ3v) is 0. The van der Waals surface area contributed by atoms with Crippen molar-refractivity contribution in [3.8, 4) is 0 Å². The predicted octanol–water partition coefficient (Wildman–Crippen LogP) is -2.78. The van der Waals surface area contributed by atoms with Crippen molar-refractivity contribution >= 4 is 183 Å². The third kappa shape index (κ3) is 229. The van der Waals surface area contributed by atoms with Crippen LogP contribution in [0, 0.1) is 0 Å². The fraction of sp³-hybridized carbons (Fsp3) is 0. The minimum absolute atomic E-state index is 0. The van der Waals surface area contributed by atoms with E-state index in [1.807, 2.05) is 0 Å². The third-order valence-electron chi connectivity index (χ3n) is 0. The fourth-order valence-corrected chi connectivity index (χ4v) is 0. The Kier molecular flexibility index (Phi) is 105. The van der Waals surface area contributed by atoms with Crippen LogP contribution in [0.15, 0.2) is 0 Å². The van der Waals surface area contributed by atoms with Crippen LogP contribution in [-0.4, -0.2) is 194 Å². The summed E-state index contributed by atoms with van der Waals surface area (Å²) in [6.07, 6.45) is -1.83. The van der Waals surface area contributed by atoms with Gasteiger partial charge in [-0.2, -0.15) is 8.42 Å². The number of carboxylic acid groups (broad SMARTS) is 2. The van der Waals surface area contributed by atoms with Crippen LogP contribution >= 0.6 is 12.4 Å². The average Bonchev–Trinajstić information content (AvgIpc) is 1.19. The van der Waals surface area contributed by atoms with Crippen molar-refractivity contribution in [2.45, 2.75) is 0 Å². The second-order valence-electron chi connectivity index (χ2n) is 0.730. The van der Waals surface area contributed by atoms with Crippen molar-refractivity contribution in [3.63, 3.8) is 0 Å². The molecule has 0 saturated heterocycles. The van der Waals surface area contributed by atoms with Gasteiger partial charge in [-0.1, -0.05) is 0 Å². The summed E-state index contributed by atoms with van der Waals surface area (Å²) in [5.74, 6) is 0. The summed E-state index contributed by atoms with van der Waals surface area (Å²) in [5, 5.41) is 13.9. The van der Waals surface area contributed by atoms with Gasteiger partial charge in [0.2, 0.25) is 0 Å². The maximum atomic E-state index is 8.74. The number of halogens is 1. The molecule has 0 aromatic carbocycles. The van der Waals surface area contributed by atoms with Crippen molar-refractivity contribution in [2.75, 3.05) is 0 Å². The molecule has 0 saturated carbocycles. The van der Waals surface area contributed by atoms with E-state index in [0.29, 0.717) is 0 Å². The first-order valence-corrected chi connectivity index (χ1v) is 2.75. The Morgan fingerprint density at radius 2 is 0.933 bits per heavy atom. The summed E-state index contributed by atoms with van der Waals surface area (Å²) in [6, 6.07) is 0. The van der Waals surface area contributed by atoms with Crippen molar-refractivity contribution < 1.29 is 55.1 Å². The van der Waals surface area contributed by atoms with E-state index in [0.717, 1.165) is 0 Å². The quantitative estimate of drug-likeness (QED) is 0.253. The van der Waals surface area contributed by atoms with E-state index in [9.17, 15) is 0 Å². The normalized spacial score (nSPS) is 5.47. The molecule has 6 N–H and O–H groups in total. The van der Waals surface area contributed by atoms with Gasteiger partial charge in [-0.05, 0) is 0 Å². The Morgan fingerprint density at radius 1 is 0.933 bits per heavy atom. The standard InChI is InChI=1S/CH2O3.ClH.Cu.3K.H2O4S.H2O.3H/c2-1(3)4;;;;;;1-5(2,3)4;;;;/h(H2,2,3,4);1H;;;;;(H2,1,2,3,4);1H2;;;. The van der Waals surface area contributed by atoms with E-state index in [2.05, 4.69) is 0 Å². The van der Waals surface area contributed by atoms with Gasteiger partial charge in [0, 0.05) is 17.1 Å². The van der Waals surface area contributed by atoms with Gasteiger partial charge in [0.1, 0.15) is 0 Å². The van der Waals surface area contributed by atoms with Crippen molar-refractivity contribution in [1.82, 2.24) is 0 Å². The number of carbonyl (C=O) groups is 1. The van der Waals surface area contributed by atoms with Crippen LogP contribution < -0.4 is 0 Å².